The van der Waals surface area contributed by atoms with Crippen molar-refractivity contribution in [3.8, 4) is 17.2 Å². The van der Waals surface area contributed by atoms with E-state index in [2.05, 4.69) is 10.6 Å². The summed E-state index contributed by atoms with van der Waals surface area (Å²) in [5.74, 6) is -1.01. The number of aliphatic hydroxyl groups is 1. The highest BCUT2D eigenvalue weighted by Gasteiger charge is 2.45. The van der Waals surface area contributed by atoms with Crippen molar-refractivity contribution in [3.63, 3.8) is 0 Å². The van der Waals surface area contributed by atoms with Crippen LogP contribution in [0.25, 0.3) is 0 Å². The van der Waals surface area contributed by atoms with E-state index < -0.39 is 17.3 Å². The smallest absolute Gasteiger partial charge is 0.339 e. The van der Waals surface area contributed by atoms with Gasteiger partial charge in [-0.05, 0) is 56.5 Å². The number of carbonyl (C=O) groups is 2. The number of nitrogens with two attached hydrogens (primary N) is 1. The van der Waals surface area contributed by atoms with Crippen molar-refractivity contribution < 1.29 is 34.0 Å². The molecule has 1 heterocycles. The van der Waals surface area contributed by atoms with Gasteiger partial charge in [0.25, 0.3) is 11.7 Å². The van der Waals surface area contributed by atoms with Gasteiger partial charge < -0.3 is 24.8 Å². The van der Waals surface area contributed by atoms with E-state index >= 15 is 0 Å². The molecule has 10 heteroatoms. The highest BCUT2D eigenvalue weighted by Crippen LogP contribution is 2.41. The number of halogens is 1. The molecule has 0 atom stereocenters. The van der Waals surface area contributed by atoms with Crippen LogP contribution >= 0.6 is 0 Å². The highest BCUT2D eigenvalue weighted by atomic mass is 19.1. The number of amidine groups is 1. The standard InChI is InChI=1S/C26H29FN4O5/c1-2-29-9-6-23(28)30-24(33)18-12-19(15-20(13-18)36-26(16-32)7-8-26)35-22-5-4-17(14-21(22)27)25(34)31-10-3-11-31/h4-6,9,12-15,29,32H,2-3,7-8,10-11,16H2,1H3,(H2,28,30,33)/p+1/b9-6-. The number of nitrogens with one attached hydrogen (secondary N) is 2. The van der Waals surface area contributed by atoms with Crippen LogP contribution in [0.4, 0.5) is 4.39 Å². The summed E-state index contributed by atoms with van der Waals surface area (Å²) in [6, 6.07) is 8.47. The molecule has 2 aliphatic rings. The second kappa shape index (κ2) is 10.8. The first-order valence-corrected chi connectivity index (χ1v) is 11.9. The van der Waals surface area contributed by atoms with Gasteiger partial charge >= 0.3 is 5.91 Å². The van der Waals surface area contributed by atoms with Gasteiger partial charge in [-0.25, -0.2) is 14.5 Å². The van der Waals surface area contributed by atoms with Gasteiger partial charge in [-0.3, -0.25) is 10.2 Å². The summed E-state index contributed by atoms with van der Waals surface area (Å²) < 4.78 is 26.5. The van der Waals surface area contributed by atoms with E-state index in [-0.39, 0.29) is 46.7 Å². The monoisotopic (exact) mass is 497 g/mol. The molecule has 9 nitrogen and oxygen atoms in total. The van der Waals surface area contributed by atoms with Crippen molar-refractivity contribution in [1.29, 1.82) is 0 Å². The Labute approximate surface area is 208 Å². The van der Waals surface area contributed by atoms with E-state index in [9.17, 15) is 19.1 Å². The fourth-order valence-corrected chi connectivity index (χ4v) is 3.56. The molecule has 1 saturated carbocycles. The third-order valence-corrected chi connectivity index (χ3v) is 5.97. The molecule has 0 radical (unpaired) electrons. The third kappa shape index (κ3) is 6.01. The molecule has 5 N–H and O–H groups in total. The van der Waals surface area contributed by atoms with Gasteiger partial charge in [-0.2, -0.15) is 0 Å². The molecule has 190 valence electrons. The van der Waals surface area contributed by atoms with E-state index in [0.29, 0.717) is 32.5 Å². The lowest BCUT2D eigenvalue weighted by Gasteiger charge is -2.30. The second-order valence-corrected chi connectivity index (χ2v) is 8.83. The Balaban J connectivity index is 1.55. The van der Waals surface area contributed by atoms with Crippen LogP contribution in [-0.4, -0.2) is 59.5 Å². The van der Waals surface area contributed by atoms with E-state index in [1.165, 1.54) is 36.4 Å². The Hall–Kier alpha value is -3.92. The Morgan fingerprint density at radius 3 is 2.53 bits per heavy atom. The van der Waals surface area contributed by atoms with Crippen molar-refractivity contribution in [3.05, 3.63) is 65.6 Å². The molecule has 2 fully saturated rings. The summed E-state index contributed by atoms with van der Waals surface area (Å²) in [6.07, 6.45) is 5.42. The van der Waals surface area contributed by atoms with Gasteiger partial charge in [-0.15, -0.1) is 0 Å². The van der Waals surface area contributed by atoms with Crippen LogP contribution in [0.1, 0.15) is 46.9 Å². The third-order valence-electron chi connectivity index (χ3n) is 5.97. The normalized spacial score (nSPS) is 15.7. The lowest BCUT2D eigenvalue weighted by Crippen LogP contribution is -2.49. The number of nitrogens with zero attached hydrogens (tertiary/aromatic N) is 1. The molecule has 1 aliphatic carbocycles. The summed E-state index contributed by atoms with van der Waals surface area (Å²) >= 11 is 0. The van der Waals surface area contributed by atoms with Crippen LogP contribution in [-0.2, 0) is 0 Å². The van der Waals surface area contributed by atoms with Crippen molar-refractivity contribution >= 4 is 17.6 Å². The zero-order valence-electron chi connectivity index (χ0n) is 20.1. The van der Waals surface area contributed by atoms with Gasteiger partial charge in [0.05, 0.1) is 12.2 Å². The molecule has 1 saturated heterocycles. The summed E-state index contributed by atoms with van der Waals surface area (Å²) in [5.41, 5.74) is -0.288. The maximum Gasteiger partial charge on any atom is 0.339 e. The van der Waals surface area contributed by atoms with Gasteiger partial charge in [0.15, 0.2) is 11.6 Å². The number of hydrogen-bond donors (Lipinski definition) is 4. The first-order chi connectivity index (χ1) is 17.3. The van der Waals surface area contributed by atoms with Crippen LogP contribution in [0.5, 0.6) is 17.2 Å². The zero-order valence-corrected chi connectivity index (χ0v) is 20.1. The Bertz CT molecular complexity index is 1190. The number of rotatable bonds is 10. The molecule has 2 aromatic carbocycles. The van der Waals surface area contributed by atoms with Crippen LogP contribution in [0.15, 0.2) is 48.7 Å². The number of carbonyl (C=O) groups excluding carboxylic acids is 2. The molecule has 36 heavy (non-hydrogen) atoms. The topological polar surface area (TPSA) is 126 Å². The Morgan fingerprint density at radius 1 is 1.17 bits per heavy atom. The predicted molar refractivity (Wildman–Crippen MR) is 130 cm³/mol. The minimum absolute atomic E-state index is 0.110. The minimum atomic E-state index is -0.709. The maximum absolute atomic E-state index is 14.8. The van der Waals surface area contributed by atoms with Gasteiger partial charge in [0.2, 0.25) is 0 Å². The fraction of sp³-hybridized carbons (Fsp3) is 0.346. The van der Waals surface area contributed by atoms with Crippen molar-refractivity contribution in [2.45, 2.75) is 31.8 Å². The second-order valence-electron chi connectivity index (χ2n) is 8.83. The van der Waals surface area contributed by atoms with Crippen LogP contribution in [0.2, 0.25) is 0 Å². The highest BCUT2D eigenvalue weighted by molar-refractivity contribution is 6.08. The predicted octanol–water partition coefficient (Wildman–Crippen LogP) is 1.38. The van der Waals surface area contributed by atoms with Crippen molar-refractivity contribution in [2.24, 2.45) is 0 Å². The van der Waals surface area contributed by atoms with Crippen LogP contribution in [0, 0.1) is 5.82 Å². The Kier molecular flexibility index (Phi) is 7.54. The SMILES string of the molecule is CCN/C=C\C(=[NH2+])NC(=O)c1cc(Oc2ccc(C(=O)N3CCC3)cc2F)cc(OC2(CO)CC2)c1. The first kappa shape index (κ1) is 25.2. The molecule has 4 rings (SSSR count). The molecule has 2 aromatic rings. The van der Waals surface area contributed by atoms with E-state index in [4.69, 9.17) is 14.9 Å². The average molecular weight is 498 g/mol. The van der Waals surface area contributed by atoms with E-state index in [1.807, 2.05) is 6.92 Å². The van der Waals surface area contributed by atoms with E-state index in [0.717, 1.165) is 12.5 Å². The Morgan fingerprint density at radius 2 is 1.92 bits per heavy atom. The van der Waals surface area contributed by atoms with Gasteiger partial charge in [0, 0.05) is 43.5 Å². The lowest BCUT2D eigenvalue weighted by molar-refractivity contribution is -0.115. The number of hydrogen-bond acceptors (Lipinski definition) is 6. The van der Waals surface area contributed by atoms with Crippen LogP contribution in [0.3, 0.4) is 0 Å². The molecular formula is C26H30FN4O5+. The zero-order chi connectivity index (χ0) is 25.7. The molecule has 2 amide bonds. The number of amides is 2. The molecule has 0 unspecified atom stereocenters. The summed E-state index contributed by atoms with van der Waals surface area (Å²) in [4.78, 5) is 26.8. The first-order valence-electron chi connectivity index (χ1n) is 11.9. The number of aliphatic hydroxyl groups excluding tert-OH is 1. The minimum Gasteiger partial charge on any atom is -0.485 e. The van der Waals surface area contributed by atoms with Crippen LogP contribution < -0.4 is 25.5 Å². The number of likely N-dealkylation sites (tertiary alicyclic amines) is 1. The van der Waals surface area contributed by atoms with Gasteiger partial charge in [0.1, 0.15) is 17.1 Å². The summed E-state index contributed by atoms with van der Waals surface area (Å²) in [7, 11) is 0. The lowest BCUT2D eigenvalue weighted by atomic mass is 10.1. The van der Waals surface area contributed by atoms with Crippen molar-refractivity contribution in [1.82, 2.24) is 15.5 Å². The fourth-order valence-electron chi connectivity index (χ4n) is 3.56. The van der Waals surface area contributed by atoms with Crippen molar-refractivity contribution in [2.75, 3.05) is 26.2 Å². The molecule has 1 aliphatic heterocycles. The number of benzene rings is 2. The summed E-state index contributed by atoms with van der Waals surface area (Å²) in [5, 5.41) is 21.0. The number of ether oxygens (including phenoxy) is 2. The largest absolute Gasteiger partial charge is 0.485 e. The molecule has 0 spiro atoms. The quantitative estimate of drug-likeness (QED) is 0.290. The average Bonchev–Trinajstić information content (AvgIpc) is 3.59. The molecule has 0 aromatic heterocycles. The summed E-state index contributed by atoms with van der Waals surface area (Å²) in [6.45, 7) is 3.79. The van der Waals surface area contributed by atoms with Gasteiger partial charge in [-0.1, -0.05) is 0 Å². The van der Waals surface area contributed by atoms with E-state index in [1.54, 1.807) is 11.1 Å². The molecule has 0 bridgehead atoms. The maximum atomic E-state index is 14.8. The molecular weight excluding hydrogens is 467 g/mol.